The summed E-state index contributed by atoms with van der Waals surface area (Å²) < 4.78 is 3.11. The molecule has 1 fully saturated rings. The van der Waals surface area contributed by atoms with Gasteiger partial charge in [0.2, 0.25) is 5.91 Å². The number of carbonyl (C=O) groups is 1. The quantitative estimate of drug-likeness (QED) is 0.692. The second-order valence-electron chi connectivity index (χ2n) is 7.03. The summed E-state index contributed by atoms with van der Waals surface area (Å²) in [6, 6.07) is 10.3. The minimum absolute atomic E-state index is 0.0293. The van der Waals surface area contributed by atoms with E-state index in [2.05, 4.69) is 28.4 Å². The first kappa shape index (κ1) is 17.2. The SMILES string of the molecule is CC(C1CC1)n1nccc1NC(=O)CN(C)Cc1nc2ccccc2s1. The number of nitrogens with one attached hydrogen (secondary N) is 1. The molecule has 136 valence electrons. The third-order valence-corrected chi connectivity index (χ3v) is 5.81. The van der Waals surface area contributed by atoms with Crippen LogP contribution >= 0.6 is 11.3 Å². The lowest BCUT2D eigenvalue weighted by atomic mass is 10.2. The number of amides is 1. The van der Waals surface area contributed by atoms with E-state index in [0.29, 0.717) is 25.0 Å². The molecule has 4 rings (SSSR count). The zero-order chi connectivity index (χ0) is 18.1. The fraction of sp³-hybridized carbons (Fsp3) is 0.421. The maximum Gasteiger partial charge on any atom is 0.239 e. The molecule has 0 bridgehead atoms. The van der Waals surface area contributed by atoms with Gasteiger partial charge < -0.3 is 5.32 Å². The molecule has 1 aliphatic rings. The number of rotatable bonds is 7. The van der Waals surface area contributed by atoms with Crippen LogP contribution in [0.5, 0.6) is 0 Å². The van der Waals surface area contributed by atoms with Crippen molar-refractivity contribution < 1.29 is 4.79 Å². The Hall–Kier alpha value is -2.25. The third-order valence-electron chi connectivity index (χ3n) is 4.78. The highest BCUT2D eigenvalue weighted by Gasteiger charge is 2.30. The maximum atomic E-state index is 12.4. The van der Waals surface area contributed by atoms with E-state index in [9.17, 15) is 4.79 Å². The molecular weight excluding hydrogens is 346 g/mol. The van der Waals surface area contributed by atoms with Gasteiger partial charge >= 0.3 is 0 Å². The Morgan fingerprint density at radius 2 is 2.19 bits per heavy atom. The summed E-state index contributed by atoms with van der Waals surface area (Å²) in [6.45, 7) is 3.14. The summed E-state index contributed by atoms with van der Waals surface area (Å²) in [5, 5.41) is 8.40. The van der Waals surface area contributed by atoms with Crippen molar-refractivity contribution in [3.8, 4) is 0 Å². The van der Waals surface area contributed by atoms with Gasteiger partial charge in [0.15, 0.2) is 0 Å². The van der Waals surface area contributed by atoms with Gasteiger partial charge in [0.1, 0.15) is 10.8 Å². The van der Waals surface area contributed by atoms with E-state index >= 15 is 0 Å². The number of aromatic nitrogens is 3. The van der Waals surface area contributed by atoms with Gasteiger partial charge in [-0.2, -0.15) is 5.10 Å². The molecule has 6 nitrogen and oxygen atoms in total. The van der Waals surface area contributed by atoms with E-state index in [1.807, 2.05) is 40.9 Å². The highest BCUT2D eigenvalue weighted by Crippen LogP contribution is 2.40. The minimum atomic E-state index is -0.0293. The largest absolute Gasteiger partial charge is 0.310 e. The summed E-state index contributed by atoms with van der Waals surface area (Å²) >= 11 is 1.68. The third kappa shape index (κ3) is 3.78. The summed E-state index contributed by atoms with van der Waals surface area (Å²) in [7, 11) is 1.94. The molecule has 1 N–H and O–H groups in total. The molecule has 1 aromatic carbocycles. The van der Waals surface area contributed by atoms with E-state index in [1.54, 1.807) is 17.5 Å². The van der Waals surface area contributed by atoms with Gasteiger partial charge in [-0.05, 0) is 44.9 Å². The van der Waals surface area contributed by atoms with Gasteiger partial charge in [-0.1, -0.05) is 12.1 Å². The topological polar surface area (TPSA) is 63.1 Å². The van der Waals surface area contributed by atoms with E-state index in [4.69, 9.17) is 0 Å². The molecule has 26 heavy (non-hydrogen) atoms. The van der Waals surface area contributed by atoms with Crippen LogP contribution in [0.25, 0.3) is 10.2 Å². The van der Waals surface area contributed by atoms with Crippen molar-refractivity contribution in [1.29, 1.82) is 0 Å². The summed E-state index contributed by atoms with van der Waals surface area (Å²) in [5.41, 5.74) is 1.02. The van der Waals surface area contributed by atoms with Gasteiger partial charge in [0, 0.05) is 6.07 Å². The van der Waals surface area contributed by atoms with Crippen LogP contribution in [0.3, 0.4) is 0 Å². The van der Waals surface area contributed by atoms with Crippen molar-refractivity contribution in [3.05, 3.63) is 41.5 Å². The summed E-state index contributed by atoms with van der Waals surface area (Å²) in [6.07, 6.45) is 4.25. The first-order valence-electron chi connectivity index (χ1n) is 8.96. The molecule has 1 unspecified atom stereocenters. The second-order valence-corrected chi connectivity index (χ2v) is 8.15. The first-order chi connectivity index (χ1) is 12.6. The monoisotopic (exact) mass is 369 g/mol. The second kappa shape index (κ2) is 7.17. The molecule has 1 saturated carbocycles. The van der Waals surface area contributed by atoms with Crippen molar-refractivity contribution in [1.82, 2.24) is 19.7 Å². The molecule has 2 aromatic heterocycles. The number of carbonyl (C=O) groups excluding carboxylic acids is 1. The number of nitrogens with zero attached hydrogens (tertiary/aromatic N) is 4. The number of hydrogen-bond donors (Lipinski definition) is 1. The molecule has 0 radical (unpaired) electrons. The van der Waals surface area contributed by atoms with E-state index in [1.165, 1.54) is 17.5 Å². The Morgan fingerprint density at radius 1 is 1.38 bits per heavy atom. The molecule has 1 aliphatic carbocycles. The van der Waals surface area contributed by atoms with E-state index in [-0.39, 0.29) is 5.91 Å². The molecule has 1 atom stereocenters. The molecule has 0 saturated heterocycles. The van der Waals surface area contributed by atoms with E-state index in [0.717, 1.165) is 16.3 Å². The summed E-state index contributed by atoms with van der Waals surface area (Å²) in [5.74, 6) is 1.44. The van der Waals surface area contributed by atoms with Crippen LogP contribution in [0.15, 0.2) is 36.5 Å². The average Bonchev–Trinajstić information content (AvgIpc) is 3.22. The molecule has 0 aliphatic heterocycles. The highest BCUT2D eigenvalue weighted by atomic mass is 32.1. The van der Waals surface area contributed by atoms with Crippen LogP contribution in [-0.4, -0.2) is 39.2 Å². The number of para-hydroxylation sites is 1. The first-order valence-corrected chi connectivity index (χ1v) is 9.78. The van der Waals surface area contributed by atoms with Crippen LogP contribution in [0, 0.1) is 5.92 Å². The number of anilines is 1. The molecule has 0 spiro atoms. The van der Waals surface area contributed by atoms with Crippen molar-refractivity contribution in [2.45, 2.75) is 32.4 Å². The number of thiazole rings is 1. The van der Waals surface area contributed by atoms with Gasteiger partial charge in [-0.3, -0.25) is 9.69 Å². The zero-order valence-electron chi connectivity index (χ0n) is 15.1. The fourth-order valence-electron chi connectivity index (χ4n) is 3.22. The lowest BCUT2D eigenvalue weighted by Crippen LogP contribution is -2.30. The average molecular weight is 369 g/mol. The molecule has 2 heterocycles. The van der Waals surface area contributed by atoms with E-state index < -0.39 is 0 Å². The van der Waals surface area contributed by atoms with Crippen molar-refractivity contribution in [2.24, 2.45) is 5.92 Å². The Labute approximate surface area is 156 Å². The number of hydrogen-bond acceptors (Lipinski definition) is 5. The Balaban J connectivity index is 1.35. The van der Waals surface area contributed by atoms with Crippen molar-refractivity contribution in [2.75, 3.05) is 18.9 Å². The Bertz CT molecular complexity index is 880. The Kier molecular flexibility index (Phi) is 4.74. The van der Waals surface area contributed by atoms with Crippen LogP contribution in [0.4, 0.5) is 5.82 Å². The van der Waals surface area contributed by atoms with Crippen LogP contribution in [0.1, 0.15) is 30.8 Å². The predicted molar refractivity (Wildman–Crippen MR) is 104 cm³/mol. The van der Waals surface area contributed by atoms with Crippen molar-refractivity contribution in [3.63, 3.8) is 0 Å². The number of fused-ring (bicyclic) bond motifs is 1. The van der Waals surface area contributed by atoms with Crippen LogP contribution < -0.4 is 5.32 Å². The molecular formula is C19H23N5OS. The Morgan fingerprint density at radius 3 is 2.96 bits per heavy atom. The van der Waals surface area contributed by atoms with Crippen LogP contribution in [0.2, 0.25) is 0 Å². The predicted octanol–water partition coefficient (Wildman–Crippen LogP) is 3.53. The van der Waals surface area contributed by atoms with Crippen LogP contribution in [-0.2, 0) is 11.3 Å². The zero-order valence-corrected chi connectivity index (χ0v) is 15.9. The maximum absolute atomic E-state index is 12.4. The standard InChI is InChI=1S/C19H23N5OS/c1-13(14-7-8-14)24-17(9-10-20-24)22-18(25)11-23(2)12-19-21-15-5-3-4-6-16(15)26-19/h3-6,9-10,13-14H,7-8,11-12H2,1-2H3,(H,22,25). The lowest BCUT2D eigenvalue weighted by Gasteiger charge is -2.17. The number of benzene rings is 1. The van der Waals surface area contributed by atoms with Gasteiger partial charge in [-0.25, -0.2) is 9.67 Å². The minimum Gasteiger partial charge on any atom is -0.310 e. The highest BCUT2D eigenvalue weighted by molar-refractivity contribution is 7.18. The normalized spacial score (nSPS) is 15.5. The number of likely N-dealkylation sites (N-methyl/N-ethyl adjacent to an activating group) is 1. The van der Waals surface area contributed by atoms with Gasteiger partial charge in [0.05, 0.1) is 35.5 Å². The van der Waals surface area contributed by atoms with Crippen molar-refractivity contribution >= 4 is 33.3 Å². The summed E-state index contributed by atoms with van der Waals surface area (Å²) in [4.78, 5) is 19.0. The lowest BCUT2D eigenvalue weighted by molar-refractivity contribution is -0.117. The molecule has 1 amide bonds. The smallest absolute Gasteiger partial charge is 0.239 e. The molecule has 7 heteroatoms. The van der Waals surface area contributed by atoms with Gasteiger partial charge in [-0.15, -0.1) is 11.3 Å². The van der Waals surface area contributed by atoms with Gasteiger partial charge in [0.25, 0.3) is 0 Å². The fourth-order valence-corrected chi connectivity index (χ4v) is 4.27. The molecule has 3 aromatic rings.